The zero-order chi connectivity index (χ0) is 24.2. The average molecular weight is 694 g/mol. The summed E-state index contributed by atoms with van der Waals surface area (Å²) in [5, 5.41) is 0.710. The first kappa shape index (κ1) is 25.2. The number of carbonyl (C=O) groups excluding carboxylic acids is 1. The summed E-state index contributed by atoms with van der Waals surface area (Å²) in [7, 11) is 0. The molecule has 4 nitrogen and oxygen atoms in total. The summed E-state index contributed by atoms with van der Waals surface area (Å²) in [5.74, 6) is 0.850. The fourth-order valence-electron chi connectivity index (χ4n) is 3.43. The molecule has 1 saturated heterocycles. The van der Waals surface area contributed by atoms with E-state index in [9.17, 15) is 4.79 Å². The van der Waals surface area contributed by atoms with Crippen LogP contribution in [0.1, 0.15) is 30.5 Å². The smallest absolute Gasteiger partial charge is 0.266 e. The van der Waals surface area contributed by atoms with Crippen LogP contribution < -0.4 is 4.74 Å². The number of carbonyl (C=O) groups is 1. The Balaban J connectivity index is 1.59. The molecule has 34 heavy (non-hydrogen) atoms. The fourth-order valence-corrected chi connectivity index (χ4v) is 6.68. The van der Waals surface area contributed by atoms with E-state index in [1.54, 1.807) is 4.90 Å². The molecular formula is C27H24I2N2O2S. The van der Waals surface area contributed by atoms with Gasteiger partial charge in [0.1, 0.15) is 12.4 Å². The van der Waals surface area contributed by atoms with Crippen molar-refractivity contribution in [2.45, 2.75) is 33.4 Å². The highest BCUT2D eigenvalue weighted by molar-refractivity contribution is 14.1. The third kappa shape index (κ3) is 6.04. The van der Waals surface area contributed by atoms with Gasteiger partial charge in [0.15, 0.2) is 5.17 Å². The molecule has 0 bridgehead atoms. The van der Waals surface area contributed by atoms with Gasteiger partial charge in [0, 0.05) is 6.04 Å². The molecular weight excluding hydrogens is 670 g/mol. The van der Waals surface area contributed by atoms with Crippen LogP contribution in [0.25, 0.3) is 6.08 Å². The molecule has 0 spiro atoms. The molecule has 3 aromatic carbocycles. The van der Waals surface area contributed by atoms with Crippen molar-refractivity contribution in [3.8, 4) is 5.75 Å². The van der Waals surface area contributed by atoms with Crippen molar-refractivity contribution in [3.63, 3.8) is 0 Å². The van der Waals surface area contributed by atoms with Crippen LogP contribution in [-0.2, 0) is 11.4 Å². The third-order valence-corrected chi connectivity index (χ3v) is 7.74. The van der Waals surface area contributed by atoms with Gasteiger partial charge in [-0.2, -0.15) is 0 Å². The van der Waals surface area contributed by atoms with E-state index in [0.29, 0.717) is 16.7 Å². The number of halogens is 2. The minimum absolute atomic E-state index is 0.0136. The lowest BCUT2D eigenvalue weighted by Crippen LogP contribution is -2.35. The first-order valence-electron chi connectivity index (χ1n) is 10.9. The molecule has 1 fully saturated rings. The van der Waals surface area contributed by atoms with Crippen LogP contribution in [-0.4, -0.2) is 22.0 Å². The van der Waals surface area contributed by atoms with Gasteiger partial charge in [-0.05, 0) is 119 Å². The summed E-state index contributed by atoms with van der Waals surface area (Å²) >= 11 is 6.02. The molecule has 0 atom stereocenters. The zero-order valence-corrected chi connectivity index (χ0v) is 24.2. The van der Waals surface area contributed by atoms with Gasteiger partial charge in [-0.15, -0.1) is 0 Å². The maximum Gasteiger partial charge on any atom is 0.266 e. The number of rotatable bonds is 6. The van der Waals surface area contributed by atoms with E-state index in [0.717, 1.165) is 29.7 Å². The molecule has 0 aliphatic carbocycles. The number of amides is 1. The zero-order valence-electron chi connectivity index (χ0n) is 19.1. The molecule has 3 aromatic rings. The van der Waals surface area contributed by atoms with E-state index >= 15 is 0 Å². The first-order valence-corrected chi connectivity index (χ1v) is 13.8. The second-order valence-corrected chi connectivity index (χ2v) is 11.5. The summed E-state index contributed by atoms with van der Waals surface area (Å²) in [6, 6.07) is 22.3. The van der Waals surface area contributed by atoms with Crippen molar-refractivity contribution < 1.29 is 9.53 Å². The predicted octanol–water partition coefficient (Wildman–Crippen LogP) is 7.80. The van der Waals surface area contributed by atoms with Crippen LogP contribution in [0.5, 0.6) is 5.75 Å². The summed E-state index contributed by atoms with van der Waals surface area (Å²) in [4.78, 5) is 20.4. The highest BCUT2D eigenvalue weighted by Crippen LogP contribution is 2.37. The summed E-state index contributed by atoms with van der Waals surface area (Å²) < 4.78 is 8.13. The van der Waals surface area contributed by atoms with E-state index < -0.39 is 0 Å². The van der Waals surface area contributed by atoms with Crippen LogP contribution >= 0.6 is 56.9 Å². The lowest BCUT2D eigenvalue weighted by Gasteiger charge is -2.19. The standard InChI is InChI=1S/C27H24I2N2O2S/c1-17(2)31-26(32)24(34-27(31)30-21-11-9-18(3)10-12-21)15-20-13-22(28)25(23(29)14-20)33-16-19-7-5-4-6-8-19/h4-15,17H,16H2,1-3H3/b24-15+,30-27?. The van der Waals surface area contributed by atoms with E-state index in [2.05, 4.69) is 69.4 Å². The molecule has 1 amide bonds. The molecule has 4 rings (SSSR count). The number of amidine groups is 1. The Bertz CT molecular complexity index is 1230. The van der Waals surface area contributed by atoms with Gasteiger partial charge >= 0.3 is 0 Å². The number of hydrogen-bond acceptors (Lipinski definition) is 4. The lowest BCUT2D eigenvalue weighted by atomic mass is 10.2. The number of benzene rings is 3. The van der Waals surface area contributed by atoms with Gasteiger partial charge in [0.2, 0.25) is 0 Å². The van der Waals surface area contributed by atoms with E-state index in [-0.39, 0.29) is 11.9 Å². The average Bonchev–Trinajstić information content (AvgIpc) is 3.10. The van der Waals surface area contributed by atoms with Crippen molar-refractivity contribution in [3.05, 3.63) is 95.5 Å². The molecule has 1 heterocycles. The Morgan fingerprint density at radius 3 is 2.29 bits per heavy atom. The molecule has 174 valence electrons. The fraction of sp³-hybridized carbons (Fsp3) is 0.185. The molecule has 0 N–H and O–H groups in total. The Kier molecular flexibility index (Phi) is 8.36. The maximum atomic E-state index is 13.2. The van der Waals surface area contributed by atoms with Crippen molar-refractivity contribution in [1.29, 1.82) is 0 Å². The van der Waals surface area contributed by atoms with Gasteiger partial charge in [0.05, 0.1) is 17.7 Å². The van der Waals surface area contributed by atoms with Crippen molar-refractivity contribution in [2.75, 3.05) is 0 Å². The Morgan fingerprint density at radius 2 is 1.68 bits per heavy atom. The van der Waals surface area contributed by atoms with Crippen molar-refractivity contribution >= 4 is 79.8 Å². The Hall–Kier alpha value is -1.85. The van der Waals surface area contributed by atoms with E-state index in [1.807, 2.05) is 69.3 Å². The number of aryl methyl sites for hydroxylation is 1. The van der Waals surface area contributed by atoms with Crippen LogP contribution in [0.3, 0.4) is 0 Å². The summed E-state index contributed by atoms with van der Waals surface area (Å²) in [6.45, 7) is 6.59. The lowest BCUT2D eigenvalue weighted by molar-refractivity contribution is -0.123. The Morgan fingerprint density at radius 1 is 1.03 bits per heavy atom. The summed E-state index contributed by atoms with van der Waals surface area (Å²) in [5.41, 5.74) is 4.12. The number of hydrogen-bond donors (Lipinski definition) is 0. The SMILES string of the molecule is Cc1ccc(N=C2S/C(=C/c3cc(I)c(OCc4ccccc4)c(I)c3)C(=O)N2C(C)C)cc1. The maximum absolute atomic E-state index is 13.2. The van der Waals surface area contributed by atoms with Gasteiger partial charge in [0.25, 0.3) is 5.91 Å². The number of ether oxygens (including phenoxy) is 1. The van der Waals surface area contributed by atoms with Crippen molar-refractivity contribution in [2.24, 2.45) is 4.99 Å². The van der Waals surface area contributed by atoms with Gasteiger partial charge < -0.3 is 4.74 Å². The number of aliphatic imine (C=N–C) groups is 1. The predicted molar refractivity (Wildman–Crippen MR) is 158 cm³/mol. The van der Waals surface area contributed by atoms with Crippen molar-refractivity contribution in [1.82, 2.24) is 4.90 Å². The highest BCUT2D eigenvalue weighted by Gasteiger charge is 2.35. The number of thioether (sulfide) groups is 1. The van der Waals surface area contributed by atoms with E-state index in [1.165, 1.54) is 17.3 Å². The molecule has 0 aromatic heterocycles. The van der Waals surface area contributed by atoms with Gasteiger partial charge in [-0.1, -0.05) is 48.0 Å². The summed E-state index contributed by atoms with van der Waals surface area (Å²) in [6.07, 6.45) is 1.95. The van der Waals surface area contributed by atoms with Crippen LogP contribution in [0.15, 0.2) is 76.6 Å². The Labute approximate surface area is 232 Å². The molecule has 0 unspecified atom stereocenters. The largest absolute Gasteiger partial charge is 0.487 e. The monoisotopic (exact) mass is 694 g/mol. The van der Waals surface area contributed by atoms with E-state index in [4.69, 9.17) is 9.73 Å². The number of nitrogens with zero attached hydrogens (tertiary/aromatic N) is 2. The second kappa shape index (κ2) is 11.3. The minimum atomic E-state index is -0.0136. The van der Waals surface area contributed by atoms with Gasteiger partial charge in [-0.3, -0.25) is 9.69 Å². The van der Waals surface area contributed by atoms with Crippen LogP contribution in [0, 0.1) is 14.1 Å². The second-order valence-electron chi connectivity index (χ2n) is 8.20. The molecule has 7 heteroatoms. The molecule has 0 radical (unpaired) electrons. The molecule has 0 saturated carbocycles. The van der Waals surface area contributed by atoms with Crippen LogP contribution in [0.4, 0.5) is 5.69 Å². The van der Waals surface area contributed by atoms with Gasteiger partial charge in [-0.25, -0.2) is 4.99 Å². The van der Waals surface area contributed by atoms with Crippen LogP contribution in [0.2, 0.25) is 0 Å². The topological polar surface area (TPSA) is 41.9 Å². The quantitative estimate of drug-likeness (QED) is 0.196. The molecule has 1 aliphatic rings. The normalized spacial score (nSPS) is 16.2. The minimum Gasteiger partial charge on any atom is -0.487 e. The molecule has 1 aliphatic heterocycles. The highest BCUT2D eigenvalue weighted by atomic mass is 127. The third-order valence-electron chi connectivity index (χ3n) is 5.16. The first-order chi connectivity index (χ1) is 16.3.